The fourth-order valence-electron chi connectivity index (χ4n) is 1.43. The molecule has 19 heavy (non-hydrogen) atoms. The number of rotatable bonds is 6. The minimum atomic E-state index is -0.0503. The van der Waals surface area contributed by atoms with E-state index in [1.165, 1.54) is 11.3 Å². The number of thiazole rings is 1. The van der Waals surface area contributed by atoms with Crippen LogP contribution >= 0.6 is 11.3 Å². The second-order valence-electron chi connectivity index (χ2n) is 3.87. The van der Waals surface area contributed by atoms with Crippen LogP contribution in [0.4, 0.5) is 5.69 Å². The molecule has 0 saturated heterocycles. The summed E-state index contributed by atoms with van der Waals surface area (Å²) in [7, 11) is 0. The summed E-state index contributed by atoms with van der Waals surface area (Å²) < 4.78 is 5.44. The van der Waals surface area contributed by atoms with Crippen LogP contribution in [0.1, 0.15) is 11.4 Å². The van der Waals surface area contributed by atoms with Crippen molar-refractivity contribution in [3.63, 3.8) is 0 Å². The van der Waals surface area contributed by atoms with Crippen molar-refractivity contribution in [1.29, 1.82) is 0 Å². The Labute approximate surface area is 115 Å². The van der Waals surface area contributed by atoms with Gasteiger partial charge in [-0.1, -0.05) is 0 Å². The third kappa shape index (κ3) is 4.59. The van der Waals surface area contributed by atoms with Gasteiger partial charge in [0, 0.05) is 17.3 Å². The minimum Gasteiger partial charge on any atom is -0.493 e. The summed E-state index contributed by atoms with van der Waals surface area (Å²) in [4.78, 5) is 15.6. The van der Waals surface area contributed by atoms with E-state index < -0.39 is 0 Å². The van der Waals surface area contributed by atoms with E-state index in [1.54, 1.807) is 30.5 Å². The largest absolute Gasteiger partial charge is 0.493 e. The van der Waals surface area contributed by atoms with Crippen molar-refractivity contribution in [1.82, 2.24) is 10.3 Å². The summed E-state index contributed by atoms with van der Waals surface area (Å²) in [5.41, 5.74) is 6.25. The number of anilines is 1. The summed E-state index contributed by atoms with van der Waals surface area (Å²) in [6.07, 6.45) is 2.03. The number of nitrogens with one attached hydrogen (secondary N) is 1. The van der Waals surface area contributed by atoms with Gasteiger partial charge < -0.3 is 15.8 Å². The summed E-state index contributed by atoms with van der Waals surface area (Å²) in [5.74, 6) is 0.660. The molecule has 0 radical (unpaired) electrons. The molecular formula is C13H15N3O2S. The van der Waals surface area contributed by atoms with Crippen molar-refractivity contribution in [2.24, 2.45) is 0 Å². The van der Waals surface area contributed by atoms with Crippen LogP contribution in [0.5, 0.6) is 5.75 Å². The van der Waals surface area contributed by atoms with E-state index >= 15 is 0 Å². The molecule has 0 bridgehead atoms. The SMILES string of the molecule is Nc1ccc(OCCC(=O)NCc2nccs2)cc1. The average molecular weight is 277 g/mol. The van der Waals surface area contributed by atoms with Gasteiger partial charge in [0.15, 0.2) is 0 Å². The van der Waals surface area contributed by atoms with E-state index in [1.807, 2.05) is 5.38 Å². The van der Waals surface area contributed by atoms with Crippen LogP contribution in [0.25, 0.3) is 0 Å². The molecule has 3 N–H and O–H groups in total. The monoisotopic (exact) mass is 277 g/mol. The lowest BCUT2D eigenvalue weighted by Gasteiger charge is -2.06. The maximum Gasteiger partial charge on any atom is 0.223 e. The number of carbonyl (C=O) groups is 1. The topological polar surface area (TPSA) is 77.2 Å². The molecule has 0 atom stereocenters. The standard InChI is InChI=1S/C13H15N3O2S/c14-10-1-3-11(4-2-10)18-7-5-12(17)16-9-13-15-6-8-19-13/h1-4,6,8H,5,7,9,14H2,(H,16,17). The lowest BCUT2D eigenvalue weighted by molar-refractivity contribution is -0.121. The molecular weight excluding hydrogens is 262 g/mol. The Kier molecular flexibility index (Phi) is 4.74. The molecule has 1 aromatic carbocycles. The normalized spacial score (nSPS) is 10.1. The first kappa shape index (κ1) is 13.4. The van der Waals surface area contributed by atoms with Crippen LogP contribution in [0, 0.1) is 0 Å². The number of benzene rings is 1. The van der Waals surface area contributed by atoms with Gasteiger partial charge in [-0.25, -0.2) is 4.98 Å². The third-order valence-corrected chi connectivity index (χ3v) is 3.18. The van der Waals surface area contributed by atoms with Gasteiger partial charge in [0.1, 0.15) is 10.8 Å². The molecule has 0 saturated carbocycles. The Morgan fingerprint density at radius 1 is 1.37 bits per heavy atom. The molecule has 0 aliphatic carbocycles. The molecule has 0 aliphatic rings. The van der Waals surface area contributed by atoms with Gasteiger partial charge in [0.05, 0.1) is 19.6 Å². The van der Waals surface area contributed by atoms with E-state index in [4.69, 9.17) is 10.5 Å². The molecule has 1 aromatic heterocycles. The van der Waals surface area contributed by atoms with E-state index in [0.717, 1.165) is 5.01 Å². The molecule has 2 aromatic rings. The number of hydrogen-bond donors (Lipinski definition) is 2. The molecule has 100 valence electrons. The van der Waals surface area contributed by atoms with Gasteiger partial charge in [-0.3, -0.25) is 4.79 Å². The number of nitrogens with two attached hydrogens (primary N) is 1. The van der Waals surface area contributed by atoms with Crippen LogP contribution in [0.2, 0.25) is 0 Å². The Bertz CT molecular complexity index is 511. The Balaban J connectivity index is 1.65. The molecule has 1 amide bonds. The number of nitrogens with zero attached hydrogens (tertiary/aromatic N) is 1. The highest BCUT2D eigenvalue weighted by atomic mass is 32.1. The molecule has 6 heteroatoms. The van der Waals surface area contributed by atoms with Gasteiger partial charge in [-0.15, -0.1) is 11.3 Å². The zero-order chi connectivity index (χ0) is 13.5. The molecule has 0 fully saturated rings. The van der Waals surface area contributed by atoms with Crippen molar-refractivity contribution in [2.75, 3.05) is 12.3 Å². The third-order valence-electron chi connectivity index (χ3n) is 2.40. The zero-order valence-electron chi connectivity index (χ0n) is 10.3. The maximum atomic E-state index is 11.5. The summed E-state index contributed by atoms with van der Waals surface area (Å²) in [5, 5.41) is 5.57. The summed E-state index contributed by atoms with van der Waals surface area (Å²) >= 11 is 1.52. The van der Waals surface area contributed by atoms with Crippen molar-refractivity contribution >= 4 is 22.9 Å². The molecule has 0 aliphatic heterocycles. The number of ether oxygens (including phenoxy) is 1. The predicted molar refractivity (Wildman–Crippen MR) is 74.9 cm³/mol. The fourth-order valence-corrected chi connectivity index (χ4v) is 1.98. The van der Waals surface area contributed by atoms with Gasteiger partial charge in [0.2, 0.25) is 5.91 Å². The number of nitrogen functional groups attached to an aromatic ring is 1. The van der Waals surface area contributed by atoms with Crippen molar-refractivity contribution in [2.45, 2.75) is 13.0 Å². The highest BCUT2D eigenvalue weighted by Gasteiger charge is 2.03. The minimum absolute atomic E-state index is 0.0503. The van der Waals surface area contributed by atoms with Crippen LogP contribution < -0.4 is 15.8 Å². The molecule has 0 spiro atoms. The summed E-state index contributed by atoms with van der Waals surface area (Å²) in [6.45, 7) is 0.811. The predicted octanol–water partition coefficient (Wildman–Crippen LogP) is 1.81. The first-order valence-corrected chi connectivity index (χ1v) is 6.75. The molecule has 2 rings (SSSR count). The van der Waals surface area contributed by atoms with Crippen LogP contribution in [-0.4, -0.2) is 17.5 Å². The highest BCUT2D eigenvalue weighted by molar-refractivity contribution is 7.09. The van der Waals surface area contributed by atoms with Gasteiger partial charge in [-0.2, -0.15) is 0 Å². The molecule has 1 heterocycles. The fraction of sp³-hybridized carbons (Fsp3) is 0.231. The number of hydrogen-bond acceptors (Lipinski definition) is 5. The van der Waals surface area contributed by atoms with Crippen LogP contribution in [0.3, 0.4) is 0 Å². The first-order chi connectivity index (χ1) is 9.24. The second kappa shape index (κ2) is 6.75. The number of carbonyl (C=O) groups excluding carboxylic acids is 1. The Morgan fingerprint density at radius 3 is 2.84 bits per heavy atom. The van der Waals surface area contributed by atoms with Crippen molar-refractivity contribution in [3.8, 4) is 5.75 Å². The summed E-state index contributed by atoms with van der Waals surface area (Å²) in [6, 6.07) is 7.08. The maximum absolute atomic E-state index is 11.5. The van der Waals surface area contributed by atoms with E-state index in [-0.39, 0.29) is 5.91 Å². The lowest BCUT2D eigenvalue weighted by atomic mass is 10.3. The highest BCUT2D eigenvalue weighted by Crippen LogP contribution is 2.13. The van der Waals surface area contributed by atoms with E-state index in [9.17, 15) is 4.79 Å². The van der Waals surface area contributed by atoms with Crippen LogP contribution in [-0.2, 0) is 11.3 Å². The van der Waals surface area contributed by atoms with E-state index in [0.29, 0.717) is 31.0 Å². The Hall–Kier alpha value is -2.08. The van der Waals surface area contributed by atoms with Crippen molar-refractivity contribution in [3.05, 3.63) is 40.8 Å². The van der Waals surface area contributed by atoms with Gasteiger partial charge in [0.25, 0.3) is 0 Å². The average Bonchev–Trinajstić information content (AvgIpc) is 2.92. The first-order valence-electron chi connectivity index (χ1n) is 5.87. The van der Waals surface area contributed by atoms with Crippen LogP contribution in [0.15, 0.2) is 35.8 Å². The molecule has 5 nitrogen and oxygen atoms in total. The quantitative estimate of drug-likeness (QED) is 0.789. The number of aromatic nitrogens is 1. The molecule has 0 unspecified atom stereocenters. The van der Waals surface area contributed by atoms with E-state index in [2.05, 4.69) is 10.3 Å². The number of amides is 1. The van der Waals surface area contributed by atoms with Gasteiger partial charge in [-0.05, 0) is 24.3 Å². The van der Waals surface area contributed by atoms with Crippen molar-refractivity contribution < 1.29 is 9.53 Å². The zero-order valence-corrected chi connectivity index (χ0v) is 11.2. The second-order valence-corrected chi connectivity index (χ2v) is 4.85. The smallest absolute Gasteiger partial charge is 0.223 e. The van der Waals surface area contributed by atoms with Gasteiger partial charge >= 0.3 is 0 Å². The lowest BCUT2D eigenvalue weighted by Crippen LogP contribution is -2.24. The Morgan fingerprint density at radius 2 is 2.16 bits per heavy atom.